The topological polar surface area (TPSA) is 58.4 Å². The summed E-state index contributed by atoms with van der Waals surface area (Å²) in [5.41, 5.74) is 3.48. The minimum absolute atomic E-state index is 0.0577. The van der Waals surface area contributed by atoms with Gasteiger partial charge in [-0.1, -0.05) is 12.1 Å². The van der Waals surface area contributed by atoms with Gasteiger partial charge in [0.1, 0.15) is 0 Å². The van der Waals surface area contributed by atoms with Crippen LogP contribution in [0.25, 0.3) is 10.9 Å². The molecule has 2 aliphatic carbocycles. The summed E-state index contributed by atoms with van der Waals surface area (Å²) >= 11 is 0. The highest BCUT2D eigenvalue weighted by Gasteiger charge is 2.55. The molecular weight excluding hydrogens is 338 g/mol. The monoisotopic (exact) mass is 367 g/mol. The lowest BCUT2D eigenvalue weighted by atomic mass is 9.56. The summed E-state index contributed by atoms with van der Waals surface area (Å²) in [6.07, 6.45) is 4.87. The van der Waals surface area contributed by atoms with Crippen molar-refractivity contribution in [2.24, 2.45) is 24.3 Å². The summed E-state index contributed by atoms with van der Waals surface area (Å²) in [5.74, 6) is 1.06. The second-order valence-corrected chi connectivity index (χ2v) is 9.84. The molecule has 0 atom stereocenters. The number of hydrogen-bond donors (Lipinski definition) is 1. The van der Waals surface area contributed by atoms with Gasteiger partial charge in [0.25, 0.3) is 0 Å². The molecule has 0 radical (unpaired) electrons. The Morgan fingerprint density at radius 1 is 1.26 bits per heavy atom. The number of hydrogen-bond acceptors (Lipinski definition) is 3. The van der Waals surface area contributed by atoms with Crippen LogP contribution in [0.1, 0.15) is 43.9 Å². The van der Waals surface area contributed by atoms with E-state index >= 15 is 0 Å². The Hall–Kier alpha value is -1.88. The van der Waals surface area contributed by atoms with Crippen LogP contribution in [0, 0.1) is 24.2 Å². The van der Waals surface area contributed by atoms with Crippen molar-refractivity contribution in [1.29, 1.82) is 0 Å². The third-order valence-electron chi connectivity index (χ3n) is 7.15. The lowest BCUT2D eigenvalue weighted by molar-refractivity contribution is -0.171. The largest absolute Gasteiger partial charge is 0.390 e. The van der Waals surface area contributed by atoms with Gasteiger partial charge in [0.2, 0.25) is 5.91 Å². The minimum atomic E-state index is -0.613. The summed E-state index contributed by atoms with van der Waals surface area (Å²) in [6, 6.07) is 6.75. The van der Waals surface area contributed by atoms with Crippen molar-refractivity contribution in [1.82, 2.24) is 14.7 Å². The molecule has 3 fully saturated rings. The summed E-state index contributed by atoms with van der Waals surface area (Å²) in [5, 5.41) is 15.6. The molecule has 5 nitrogen and oxygen atoms in total. The molecule has 1 N–H and O–H groups in total. The smallest absolute Gasteiger partial charge is 0.225 e. The van der Waals surface area contributed by atoms with Crippen LogP contribution < -0.4 is 0 Å². The van der Waals surface area contributed by atoms with Crippen molar-refractivity contribution in [3.8, 4) is 0 Å². The van der Waals surface area contributed by atoms with Crippen LogP contribution in [-0.2, 0) is 18.3 Å². The van der Waals surface area contributed by atoms with Crippen molar-refractivity contribution < 1.29 is 9.90 Å². The average Bonchev–Trinajstić information content (AvgIpc) is 2.79. The van der Waals surface area contributed by atoms with Crippen LogP contribution in [0.15, 0.2) is 18.2 Å². The first-order chi connectivity index (χ1) is 12.7. The van der Waals surface area contributed by atoms with Gasteiger partial charge in [-0.05, 0) is 63.5 Å². The van der Waals surface area contributed by atoms with Crippen molar-refractivity contribution in [3.05, 3.63) is 29.5 Å². The maximum absolute atomic E-state index is 12.5. The number of aromatic nitrogens is 2. The van der Waals surface area contributed by atoms with Gasteiger partial charge in [-0.3, -0.25) is 9.48 Å². The van der Waals surface area contributed by atoms with Gasteiger partial charge in [0.15, 0.2) is 0 Å². The number of rotatable bonds is 3. The quantitative estimate of drug-likeness (QED) is 0.908. The van der Waals surface area contributed by atoms with Crippen LogP contribution >= 0.6 is 0 Å². The number of carbonyl (C=O) groups excluding carboxylic acids is 1. The predicted molar refractivity (Wildman–Crippen MR) is 104 cm³/mol. The van der Waals surface area contributed by atoms with Gasteiger partial charge in [0.05, 0.1) is 16.8 Å². The number of fused-ring (bicyclic) bond motifs is 1. The van der Waals surface area contributed by atoms with Crippen LogP contribution in [0.2, 0.25) is 0 Å². The molecular formula is C22H29N3O2. The fourth-order valence-electron chi connectivity index (χ4n) is 5.87. The molecule has 2 saturated carbocycles. The third-order valence-corrected chi connectivity index (χ3v) is 7.15. The summed E-state index contributed by atoms with van der Waals surface area (Å²) in [6.45, 7) is 5.75. The third kappa shape index (κ3) is 2.78. The molecule has 2 heterocycles. The molecule has 2 aromatic rings. The zero-order chi connectivity index (χ0) is 19.0. The Bertz CT molecular complexity index is 907. The van der Waals surface area contributed by atoms with E-state index < -0.39 is 5.60 Å². The maximum atomic E-state index is 12.5. The molecule has 1 aromatic carbocycles. The van der Waals surface area contributed by atoms with Gasteiger partial charge in [0, 0.05) is 36.9 Å². The fraction of sp³-hybridized carbons (Fsp3) is 0.636. The van der Waals surface area contributed by atoms with Crippen LogP contribution in [-0.4, -0.2) is 44.4 Å². The molecule has 5 rings (SSSR count). The standard InChI is InChI=1S/C22H29N3O2/c1-14-18-5-4-15(7-19(18)24(3)23-14)6-16-8-22(9-16)12-25(13-22)20(26)17-10-21(2,27)11-17/h4-5,7,16-17,27H,6,8-13H2,1-3H3. The maximum Gasteiger partial charge on any atom is 0.225 e. The first kappa shape index (κ1) is 17.2. The highest BCUT2D eigenvalue weighted by molar-refractivity contribution is 5.82. The van der Waals surface area contributed by atoms with E-state index in [0.29, 0.717) is 18.3 Å². The molecule has 1 amide bonds. The lowest BCUT2D eigenvalue weighted by Crippen LogP contribution is -2.66. The van der Waals surface area contributed by atoms with Crippen molar-refractivity contribution in [3.63, 3.8) is 0 Å². The van der Waals surface area contributed by atoms with E-state index in [9.17, 15) is 9.90 Å². The normalized spacial score (nSPS) is 29.5. The van der Waals surface area contributed by atoms with Crippen molar-refractivity contribution in [2.45, 2.75) is 51.6 Å². The lowest BCUT2D eigenvalue weighted by Gasteiger charge is -2.60. The van der Waals surface area contributed by atoms with E-state index in [1.54, 1.807) is 0 Å². The van der Waals surface area contributed by atoms with Crippen molar-refractivity contribution >= 4 is 16.8 Å². The Labute approximate surface area is 160 Å². The van der Waals surface area contributed by atoms with Gasteiger partial charge < -0.3 is 10.0 Å². The first-order valence-electron chi connectivity index (χ1n) is 10.2. The number of amides is 1. The van der Waals surface area contributed by atoms with Gasteiger partial charge in [-0.25, -0.2) is 0 Å². The second kappa shape index (κ2) is 5.57. The number of carbonyl (C=O) groups is 1. The second-order valence-electron chi connectivity index (χ2n) is 9.84. The van der Waals surface area contributed by atoms with Crippen LogP contribution in [0.5, 0.6) is 0 Å². The number of aryl methyl sites for hydroxylation is 2. The van der Waals surface area contributed by atoms with Gasteiger partial charge in [-0.15, -0.1) is 0 Å². The molecule has 0 bridgehead atoms. The van der Waals surface area contributed by atoms with Crippen LogP contribution in [0.4, 0.5) is 0 Å². The number of nitrogens with zero attached hydrogens (tertiary/aromatic N) is 3. The Balaban J connectivity index is 1.15. The number of benzene rings is 1. The molecule has 27 heavy (non-hydrogen) atoms. The zero-order valence-corrected chi connectivity index (χ0v) is 16.5. The van der Waals surface area contributed by atoms with Gasteiger partial charge in [-0.2, -0.15) is 5.10 Å². The SMILES string of the molecule is Cc1nn(C)c2cc(CC3CC4(C3)CN(C(=O)C3CC(C)(O)C3)C4)ccc12. The average molecular weight is 367 g/mol. The summed E-state index contributed by atoms with van der Waals surface area (Å²) in [4.78, 5) is 14.5. The number of aliphatic hydroxyl groups is 1. The molecule has 144 valence electrons. The fourth-order valence-corrected chi connectivity index (χ4v) is 5.87. The van der Waals surface area contributed by atoms with E-state index in [0.717, 1.165) is 31.1 Å². The van der Waals surface area contributed by atoms with E-state index in [4.69, 9.17) is 0 Å². The summed E-state index contributed by atoms with van der Waals surface area (Å²) < 4.78 is 1.98. The Kier molecular flexibility index (Phi) is 3.55. The minimum Gasteiger partial charge on any atom is -0.390 e. The molecule has 1 saturated heterocycles. The highest BCUT2D eigenvalue weighted by atomic mass is 16.3. The van der Waals surface area contributed by atoms with E-state index in [1.807, 2.05) is 23.6 Å². The van der Waals surface area contributed by atoms with Gasteiger partial charge >= 0.3 is 0 Å². The molecule has 1 spiro atoms. The van der Waals surface area contributed by atoms with E-state index in [2.05, 4.69) is 30.2 Å². The molecule has 0 unspecified atom stereocenters. The van der Waals surface area contributed by atoms with E-state index in [-0.39, 0.29) is 11.8 Å². The Morgan fingerprint density at radius 3 is 2.63 bits per heavy atom. The highest BCUT2D eigenvalue weighted by Crippen LogP contribution is 2.54. The van der Waals surface area contributed by atoms with E-state index in [1.165, 1.54) is 29.3 Å². The summed E-state index contributed by atoms with van der Waals surface area (Å²) in [7, 11) is 2.01. The molecule has 3 aliphatic rings. The van der Waals surface area contributed by atoms with Crippen molar-refractivity contribution in [2.75, 3.05) is 13.1 Å². The first-order valence-corrected chi connectivity index (χ1v) is 10.2. The number of likely N-dealkylation sites (tertiary alicyclic amines) is 1. The Morgan fingerprint density at radius 2 is 1.96 bits per heavy atom. The molecule has 1 aromatic heterocycles. The molecule has 5 heteroatoms. The molecule has 1 aliphatic heterocycles. The zero-order valence-electron chi connectivity index (χ0n) is 16.5. The van der Waals surface area contributed by atoms with Crippen LogP contribution in [0.3, 0.4) is 0 Å². The predicted octanol–water partition coefficient (Wildman–Crippen LogP) is 2.82.